The predicted molar refractivity (Wildman–Crippen MR) is 118 cm³/mol. The highest BCUT2D eigenvalue weighted by atomic mass is 32.1. The van der Waals surface area contributed by atoms with Crippen molar-refractivity contribution in [2.75, 3.05) is 18.9 Å². The molecule has 1 N–H and O–H groups in total. The Kier molecular flexibility index (Phi) is 6.30. The van der Waals surface area contributed by atoms with Crippen LogP contribution in [0, 0.1) is 11.8 Å². The number of hydrogen-bond donors (Lipinski definition) is 1. The molecule has 31 heavy (non-hydrogen) atoms. The van der Waals surface area contributed by atoms with Gasteiger partial charge in [-0.3, -0.25) is 4.79 Å². The van der Waals surface area contributed by atoms with Gasteiger partial charge in [0.15, 0.2) is 5.82 Å². The summed E-state index contributed by atoms with van der Waals surface area (Å²) in [4.78, 5) is 25.5. The maximum atomic E-state index is 10.5. The van der Waals surface area contributed by atoms with Crippen molar-refractivity contribution >= 4 is 29.0 Å². The molecule has 1 aliphatic heterocycles. The first kappa shape index (κ1) is 20.3. The minimum Gasteiger partial charge on any atom is -0.363 e. The fourth-order valence-electron chi connectivity index (χ4n) is 2.62. The Balaban J connectivity index is 0.000000245. The molecule has 1 aliphatic rings. The fraction of sp³-hybridized carbons (Fsp3) is 0.136. The second kappa shape index (κ2) is 9.65. The standard InChI is InChI=1S/C16H11N5OS.C6H7NO/c1-2-4-11(5-3-1)15-18-13(10-23-15)12-6-8-17-16(19-12)20-14-7-9-22-21-14;1-7-5-3-2-4-6(7)8/h1-10H,(H,17,19,20,21);3,5H2,1H3. The van der Waals surface area contributed by atoms with Gasteiger partial charge in [-0.1, -0.05) is 41.4 Å². The summed E-state index contributed by atoms with van der Waals surface area (Å²) in [6.07, 6.45) is 3.99. The lowest BCUT2D eigenvalue weighted by Gasteiger charge is -2.13. The van der Waals surface area contributed by atoms with E-state index in [1.807, 2.05) is 41.8 Å². The first-order chi connectivity index (χ1) is 15.2. The molecule has 3 aromatic heterocycles. The Morgan fingerprint density at radius 2 is 2.00 bits per heavy atom. The summed E-state index contributed by atoms with van der Waals surface area (Å²) in [5, 5.41) is 9.71. The van der Waals surface area contributed by atoms with E-state index in [2.05, 4.69) is 37.3 Å². The van der Waals surface area contributed by atoms with Crippen molar-refractivity contribution in [2.24, 2.45) is 0 Å². The van der Waals surface area contributed by atoms with Gasteiger partial charge >= 0.3 is 0 Å². The third-order valence-electron chi connectivity index (χ3n) is 4.23. The second-order valence-electron chi connectivity index (χ2n) is 6.46. The van der Waals surface area contributed by atoms with Crippen molar-refractivity contribution in [3.8, 4) is 33.8 Å². The van der Waals surface area contributed by atoms with Crippen molar-refractivity contribution in [3.05, 3.63) is 60.3 Å². The fourth-order valence-corrected chi connectivity index (χ4v) is 3.44. The molecule has 5 rings (SSSR count). The maximum absolute atomic E-state index is 10.5. The highest BCUT2D eigenvalue weighted by Crippen LogP contribution is 2.28. The molecule has 0 spiro atoms. The van der Waals surface area contributed by atoms with Crippen LogP contribution in [0.3, 0.4) is 0 Å². The molecule has 1 aromatic carbocycles. The first-order valence-electron chi connectivity index (χ1n) is 9.45. The first-order valence-corrected chi connectivity index (χ1v) is 10.3. The molecule has 4 heterocycles. The number of anilines is 2. The van der Waals surface area contributed by atoms with Gasteiger partial charge in [0, 0.05) is 43.2 Å². The van der Waals surface area contributed by atoms with Crippen LogP contribution in [0.15, 0.2) is 64.8 Å². The molecule has 154 valence electrons. The number of hydrogen-bond acceptors (Lipinski definition) is 8. The summed E-state index contributed by atoms with van der Waals surface area (Å²) in [5.41, 5.74) is 2.67. The van der Waals surface area contributed by atoms with E-state index in [4.69, 9.17) is 4.52 Å². The van der Waals surface area contributed by atoms with Gasteiger partial charge in [0.2, 0.25) is 5.95 Å². The maximum Gasteiger partial charge on any atom is 0.298 e. The van der Waals surface area contributed by atoms with Crippen LogP contribution in [-0.4, -0.2) is 44.5 Å². The van der Waals surface area contributed by atoms with Crippen molar-refractivity contribution in [3.63, 3.8) is 0 Å². The Hall–Kier alpha value is -4.03. The van der Waals surface area contributed by atoms with E-state index in [1.54, 1.807) is 35.5 Å². The van der Waals surface area contributed by atoms with Crippen molar-refractivity contribution in [1.82, 2.24) is 25.0 Å². The van der Waals surface area contributed by atoms with Gasteiger partial charge in [0.25, 0.3) is 5.91 Å². The topological polar surface area (TPSA) is 97.0 Å². The van der Waals surface area contributed by atoms with Gasteiger partial charge in [-0.25, -0.2) is 15.0 Å². The summed E-state index contributed by atoms with van der Waals surface area (Å²) >= 11 is 1.59. The van der Waals surface area contributed by atoms with Crippen LogP contribution < -0.4 is 5.32 Å². The number of rotatable bonds is 4. The summed E-state index contributed by atoms with van der Waals surface area (Å²) < 4.78 is 4.78. The Morgan fingerprint density at radius 3 is 2.71 bits per heavy atom. The monoisotopic (exact) mass is 430 g/mol. The largest absolute Gasteiger partial charge is 0.363 e. The van der Waals surface area contributed by atoms with Crippen molar-refractivity contribution in [2.45, 2.75) is 6.42 Å². The van der Waals surface area contributed by atoms with Gasteiger partial charge < -0.3 is 14.7 Å². The quantitative estimate of drug-likeness (QED) is 0.491. The molecule has 0 aliphatic carbocycles. The number of carbonyl (C=O) groups is 1. The smallest absolute Gasteiger partial charge is 0.298 e. The summed E-state index contributed by atoms with van der Waals surface area (Å²) in [5.74, 6) is 6.14. The lowest BCUT2D eigenvalue weighted by Crippen LogP contribution is -2.28. The lowest BCUT2D eigenvalue weighted by molar-refractivity contribution is -0.124. The third kappa shape index (κ3) is 5.32. The van der Waals surface area contributed by atoms with E-state index in [1.165, 1.54) is 6.26 Å². The normalized spacial score (nSPS) is 12.4. The van der Waals surface area contributed by atoms with E-state index < -0.39 is 0 Å². The molecule has 9 heteroatoms. The van der Waals surface area contributed by atoms with Gasteiger partial charge in [0.1, 0.15) is 17.0 Å². The molecular weight excluding hydrogens is 412 g/mol. The van der Waals surface area contributed by atoms with E-state index in [9.17, 15) is 4.79 Å². The average Bonchev–Trinajstić information content (AvgIpc) is 3.50. The van der Waals surface area contributed by atoms with E-state index in [0.29, 0.717) is 11.8 Å². The summed E-state index contributed by atoms with van der Waals surface area (Å²) in [6.45, 7) is 0.784. The molecule has 4 aromatic rings. The van der Waals surface area contributed by atoms with Crippen LogP contribution in [0.5, 0.6) is 0 Å². The number of benzene rings is 1. The second-order valence-corrected chi connectivity index (χ2v) is 7.32. The Bertz CT molecular complexity index is 1210. The van der Waals surface area contributed by atoms with Crippen molar-refractivity contribution < 1.29 is 9.32 Å². The highest BCUT2D eigenvalue weighted by Gasteiger charge is 2.09. The minimum atomic E-state index is -0.0590. The molecule has 1 amide bonds. The Labute approximate surface area is 183 Å². The number of nitrogens with zero attached hydrogens (tertiary/aromatic N) is 5. The van der Waals surface area contributed by atoms with Crippen LogP contribution in [0.25, 0.3) is 22.0 Å². The summed E-state index contributed by atoms with van der Waals surface area (Å²) in [7, 11) is 1.76. The van der Waals surface area contributed by atoms with Crippen LogP contribution in [0.4, 0.5) is 11.8 Å². The van der Waals surface area contributed by atoms with E-state index >= 15 is 0 Å². The number of amides is 1. The average molecular weight is 430 g/mol. The molecule has 0 bridgehead atoms. The number of thiazole rings is 1. The zero-order chi connectivity index (χ0) is 21.5. The molecule has 0 atom stereocenters. The Morgan fingerprint density at radius 1 is 1.13 bits per heavy atom. The molecule has 0 saturated carbocycles. The molecule has 0 radical (unpaired) electrons. The summed E-state index contributed by atoms with van der Waals surface area (Å²) in [6, 6.07) is 13.6. The van der Waals surface area contributed by atoms with Crippen LogP contribution in [0.1, 0.15) is 6.42 Å². The highest BCUT2D eigenvalue weighted by molar-refractivity contribution is 7.13. The molecular formula is C22H18N6O2S. The minimum absolute atomic E-state index is 0.0590. The lowest BCUT2D eigenvalue weighted by atomic mass is 10.2. The van der Waals surface area contributed by atoms with Crippen LogP contribution in [-0.2, 0) is 4.79 Å². The zero-order valence-corrected chi connectivity index (χ0v) is 17.5. The number of carbonyl (C=O) groups excluding carboxylic acids is 1. The predicted octanol–water partition coefficient (Wildman–Crippen LogP) is 3.85. The third-order valence-corrected chi connectivity index (χ3v) is 5.13. The van der Waals surface area contributed by atoms with Gasteiger partial charge in [0.05, 0.1) is 5.69 Å². The molecule has 0 fully saturated rings. The van der Waals surface area contributed by atoms with Gasteiger partial charge in [-0.05, 0) is 12.0 Å². The van der Waals surface area contributed by atoms with Crippen LogP contribution in [0.2, 0.25) is 0 Å². The number of nitrogens with one attached hydrogen (secondary N) is 1. The molecule has 0 saturated heterocycles. The zero-order valence-electron chi connectivity index (χ0n) is 16.6. The van der Waals surface area contributed by atoms with E-state index in [0.717, 1.165) is 34.9 Å². The molecule has 8 nitrogen and oxygen atoms in total. The molecule has 0 unspecified atom stereocenters. The van der Waals surface area contributed by atoms with Crippen molar-refractivity contribution in [1.29, 1.82) is 0 Å². The van der Waals surface area contributed by atoms with E-state index in [-0.39, 0.29) is 5.91 Å². The van der Waals surface area contributed by atoms with Crippen LogP contribution >= 0.6 is 11.3 Å². The van der Waals surface area contributed by atoms with Gasteiger partial charge in [-0.15, -0.1) is 11.3 Å². The number of aromatic nitrogens is 4. The SMILES string of the molecule is CN1CCC#CC1=O.c1ccc(-c2nc(-c3ccnc(Nc4ccon4)n3)cs2)cc1. The van der Waals surface area contributed by atoms with Gasteiger partial charge in [-0.2, -0.15) is 0 Å².